The molecule has 1 N–H and O–H groups in total. The van der Waals surface area contributed by atoms with Crippen molar-refractivity contribution in [1.82, 2.24) is 10.2 Å². The van der Waals surface area contributed by atoms with Crippen LogP contribution in [0.4, 0.5) is 4.79 Å². The Kier molecular flexibility index (Phi) is 6.16. The topological polar surface area (TPSA) is 75.7 Å². The Morgan fingerprint density at radius 1 is 1.14 bits per heavy atom. The fourth-order valence-electron chi connectivity index (χ4n) is 2.72. The molecule has 1 saturated heterocycles. The summed E-state index contributed by atoms with van der Waals surface area (Å²) in [6.07, 6.45) is 1.71. The van der Waals surface area contributed by atoms with Gasteiger partial charge in [-0.15, -0.1) is 0 Å². The Hall–Kier alpha value is -3.06. The van der Waals surface area contributed by atoms with Crippen LogP contribution in [0, 0.1) is 6.92 Å². The van der Waals surface area contributed by atoms with Crippen molar-refractivity contribution in [3.63, 3.8) is 0 Å². The lowest BCUT2D eigenvalue weighted by atomic mass is 10.1. The van der Waals surface area contributed by atoms with E-state index >= 15 is 0 Å². The molecule has 3 amide bonds. The number of aryl methyl sites for hydroxylation is 1. The lowest BCUT2D eigenvalue weighted by Crippen LogP contribution is -2.37. The Morgan fingerprint density at radius 2 is 1.86 bits per heavy atom. The Balaban J connectivity index is 1.60. The minimum Gasteiger partial charge on any atom is -0.496 e. The van der Waals surface area contributed by atoms with Crippen LogP contribution in [0.3, 0.4) is 0 Å². The number of nitrogens with one attached hydrogen (secondary N) is 1. The number of rotatable bonds is 6. The van der Waals surface area contributed by atoms with Crippen LogP contribution in [0.25, 0.3) is 6.08 Å². The van der Waals surface area contributed by atoms with E-state index in [4.69, 9.17) is 4.74 Å². The van der Waals surface area contributed by atoms with Gasteiger partial charge in [0.25, 0.3) is 17.1 Å². The fraction of sp³-hybridized carbons (Fsp3) is 0.190. The first-order valence-corrected chi connectivity index (χ1v) is 9.54. The molecule has 1 heterocycles. The summed E-state index contributed by atoms with van der Waals surface area (Å²) in [7, 11) is 1.49. The SMILES string of the molecule is COc1ccccc1C(=O)NCCN1C(=O)S/C(=C\c2ccc(C)cc2)C1=O. The minimum atomic E-state index is -0.345. The molecule has 2 aromatic rings. The Morgan fingerprint density at radius 3 is 2.57 bits per heavy atom. The first-order chi connectivity index (χ1) is 13.5. The summed E-state index contributed by atoms with van der Waals surface area (Å²) < 4.78 is 5.17. The van der Waals surface area contributed by atoms with Crippen molar-refractivity contribution >= 4 is 34.9 Å². The highest BCUT2D eigenvalue weighted by Gasteiger charge is 2.34. The highest BCUT2D eigenvalue weighted by atomic mass is 32.2. The van der Waals surface area contributed by atoms with Crippen molar-refractivity contribution in [2.24, 2.45) is 0 Å². The number of amides is 3. The number of para-hydroxylation sites is 1. The van der Waals surface area contributed by atoms with Crippen LogP contribution in [-0.4, -0.2) is 42.2 Å². The average molecular weight is 396 g/mol. The third-order valence-corrected chi connectivity index (χ3v) is 5.13. The van der Waals surface area contributed by atoms with Gasteiger partial charge >= 0.3 is 0 Å². The van der Waals surface area contributed by atoms with Gasteiger partial charge in [0.15, 0.2) is 0 Å². The summed E-state index contributed by atoms with van der Waals surface area (Å²) in [6, 6.07) is 14.6. The number of ether oxygens (including phenoxy) is 1. The first-order valence-electron chi connectivity index (χ1n) is 8.73. The number of methoxy groups -OCH3 is 1. The molecule has 0 bridgehead atoms. The van der Waals surface area contributed by atoms with Crippen molar-refractivity contribution in [1.29, 1.82) is 0 Å². The second kappa shape index (κ2) is 8.75. The molecule has 0 spiro atoms. The van der Waals surface area contributed by atoms with E-state index in [1.165, 1.54) is 7.11 Å². The second-order valence-corrected chi connectivity index (χ2v) is 7.19. The van der Waals surface area contributed by atoms with Crippen LogP contribution in [0.1, 0.15) is 21.5 Å². The molecular formula is C21H20N2O4S. The summed E-state index contributed by atoms with van der Waals surface area (Å²) in [5.41, 5.74) is 2.38. The zero-order chi connectivity index (χ0) is 20.1. The van der Waals surface area contributed by atoms with Gasteiger partial charge in [-0.1, -0.05) is 42.0 Å². The number of hydrogen-bond donors (Lipinski definition) is 1. The van der Waals surface area contributed by atoms with E-state index in [1.54, 1.807) is 30.3 Å². The molecule has 0 radical (unpaired) electrons. The average Bonchev–Trinajstić information content (AvgIpc) is 2.96. The van der Waals surface area contributed by atoms with E-state index in [1.807, 2.05) is 31.2 Å². The molecule has 1 aliphatic heterocycles. The summed E-state index contributed by atoms with van der Waals surface area (Å²) in [5, 5.41) is 2.38. The van der Waals surface area contributed by atoms with Crippen LogP contribution in [-0.2, 0) is 4.79 Å². The van der Waals surface area contributed by atoms with Crippen molar-refractivity contribution in [2.75, 3.05) is 20.2 Å². The molecule has 6 nitrogen and oxygen atoms in total. The van der Waals surface area contributed by atoms with E-state index in [0.29, 0.717) is 16.2 Å². The molecule has 144 valence electrons. The van der Waals surface area contributed by atoms with Crippen LogP contribution < -0.4 is 10.1 Å². The number of carbonyl (C=O) groups excluding carboxylic acids is 3. The summed E-state index contributed by atoms with van der Waals surface area (Å²) in [5.74, 6) is -0.200. The van der Waals surface area contributed by atoms with Crippen molar-refractivity contribution in [2.45, 2.75) is 6.92 Å². The molecule has 1 fully saturated rings. The van der Waals surface area contributed by atoms with Gasteiger partial charge in [0.05, 0.1) is 17.6 Å². The minimum absolute atomic E-state index is 0.108. The maximum absolute atomic E-state index is 12.5. The van der Waals surface area contributed by atoms with Gasteiger partial charge in [-0.05, 0) is 42.5 Å². The third kappa shape index (κ3) is 4.43. The van der Waals surface area contributed by atoms with Gasteiger partial charge < -0.3 is 10.1 Å². The van der Waals surface area contributed by atoms with Gasteiger partial charge in [-0.25, -0.2) is 0 Å². The number of hydrogen-bond acceptors (Lipinski definition) is 5. The summed E-state index contributed by atoms with van der Waals surface area (Å²) >= 11 is 0.908. The maximum atomic E-state index is 12.5. The van der Waals surface area contributed by atoms with Crippen molar-refractivity contribution in [3.8, 4) is 5.75 Å². The zero-order valence-electron chi connectivity index (χ0n) is 15.6. The molecule has 0 unspecified atom stereocenters. The molecule has 2 aromatic carbocycles. The molecule has 0 atom stereocenters. The molecule has 28 heavy (non-hydrogen) atoms. The largest absolute Gasteiger partial charge is 0.496 e. The predicted octanol–water partition coefficient (Wildman–Crippen LogP) is 3.47. The van der Waals surface area contributed by atoms with E-state index < -0.39 is 0 Å². The Bertz CT molecular complexity index is 938. The van der Waals surface area contributed by atoms with Gasteiger partial charge in [0.2, 0.25) is 0 Å². The van der Waals surface area contributed by atoms with Gasteiger partial charge in [-0.2, -0.15) is 0 Å². The quantitative estimate of drug-likeness (QED) is 0.757. The number of thioether (sulfide) groups is 1. The van der Waals surface area contributed by atoms with Crippen LogP contribution in [0.5, 0.6) is 5.75 Å². The van der Waals surface area contributed by atoms with Gasteiger partial charge in [0.1, 0.15) is 5.75 Å². The number of nitrogens with zero attached hydrogens (tertiary/aromatic N) is 1. The lowest BCUT2D eigenvalue weighted by Gasteiger charge is -2.13. The lowest BCUT2D eigenvalue weighted by molar-refractivity contribution is -0.122. The van der Waals surface area contributed by atoms with E-state index in [0.717, 1.165) is 27.8 Å². The smallest absolute Gasteiger partial charge is 0.293 e. The monoisotopic (exact) mass is 396 g/mol. The number of carbonyl (C=O) groups is 3. The van der Waals surface area contributed by atoms with E-state index in [2.05, 4.69) is 5.32 Å². The molecule has 0 aliphatic carbocycles. The summed E-state index contributed by atoms with van der Waals surface area (Å²) in [4.78, 5) is 38.5. The standard InChI is InChI=1S/C21H20N2O4S/c1-14-7-9-15(10-8-14)13-18-20(25)23(21(26)28-18)12-11-22-19(24)16-5-3-4-6-17(16)27-2/h3-10,13H,11-12H2,1-2H3,(H,22,24)/b18-13-. The molecule has 1 aliphatic rings. The Labute approximate surface area is 167 Å². The highest BCUT2D eigenvalue weighted by Crippen LogP contribution is 2.31. The molecule has 0 aromatic heterocycles. The van der Waals surface area contributed by atoms with Crippen LogP contribution in [0.15, 0.2) is 53.4 Å². The van der Waals surface area contributed by atoms with E-state index in [9.17, 15) is 14.4 Å². The fourth-order valence-corrected chi connectivity index (χ4v) is 3.58. The summed E-state index contributed by atoms with van der Waals surface area (Å²) in [6.45, 7) is 2.25. The van der Waals surface area contributed by atoms with Crippen molar-refractivity contribution in [3.05, 3.63) is 70.1 Å². The number of benzene rings is 2. The third-order valence-electron chi connectivity index (χ3n) is 4.22. The van der Waals surface area contributed by atoms with Gasteiger partial charge in [0, 0.05) is 13.1 Å². The molecule has 0 saturated carbocycles. The first kappa shape index (κ1) is 19.7. The number of imide groups is 1. The molecule has 7 heteroatoms. The molecular weight excluding hydrogens is 376 g/mol. The van der Waals surface area contributed by atoms with E-state index in [-0.39, 0.29) is 30.1 Å². The molecule has 3 rings (SSSR count). The predicted molar refractivity (Wildman–Crippen MR) is 109 cm³/mol. The van der Waals surface area contributed by atoms with Crippen LogP contribution >= 0.6 is 11.8 Å². The van der Waals surface area contributed by atoms with Crippen molar-refractivity contribution < 1.29 is 19.1 Å². The highest BCUT2D eigenvalue weighted by molar-refractivity contribution is 8.18. The zero-order valence-corrected chi connectivity index (χ0v) is 16.4. The maximum Gasteiger partial charge on any atom is 0.293 e. The van der Waals surface area contributed by atoms with Gasteiger partial charge in [-0.3, -0.25) is 19.3 Å². The normalized spacial score (nSPS) is 15.2. The second-order valence-electron chi connectivity index (χ2n) is 6.20. The van der Waals surface area contributed by atoms with Crippen LogP contribution in [0.2, 0.25) is 0 Å².